The summed E-state index contributed by atoms with van der Waals surface area (Å²) in [6, 6.07) is 3.43. The van der Waals surface area contributed by atoms with Crippen molar-refractivity contribution in [2.75, 3.05) is 0 Å². The first-order valence-corrected chi connectivity index (χ1v) is 13.1. The Hall–Kier alpha value is -1.92. The van der Waals surface area contributed by atoms with Gasteiger partial charge in [-0.3, -0.25) is 4.52 Å². The predicted molar refractivity (Wildman–Crippen MR) is 128 cm³/mol. The summed E-state index contributed by atoms with van der Waals surface area (Å²) in [4.78, 5) is 31.5. The molecule has 1 aromatic rings. The molecule has 0 radical (unpaired) electrons. The highest BCUT2D eigenvalue weighted by molar-refractivity contribution is 7.46. The summed E-state index contributed by atoms with van der Waals surface area (Å²) in [5.41, 5.74) is 3.45. The van der Waals surface area contributed by atoms with E-state index in [0.29, 0.717) is 18.4 Å². The number of ether oxygens (including phenoxy) is 1. The van der Waals surface area contributed by atoms with Crippen LogP contribution in [-0.4, -0.2) is 27.0 Å². The molecule has 8 heteroatoms. The second-order valence-corrected chi connectivity index (χ2v) is 10.1. The fraction of sp³-hybridized carbons (Fsp3) is 0.560. The van der Waals surface area contributed by atoms with Crippen molar-refractivity contribution in [3.63, 3.8) is 0 Å². The summed E-state index contributed by atoms with van der Waals surface area (Å²) in [6.07, 6.45) is 5.36. The van der Waals surface area contributed by atoms with Crippen molar-refractivity contribution >= 4 is 13.8 Å². The first-order chi connectivity index (χ1) is 15.5. The van der Waals surface area contributed by atoms with Gasteiger partial charge in [0.05, 0.1) is 0 Å². The zero-order valence-corrected chi connectivity index (χ0v) is 20.9. The minimum absolute atomic E-state index is 0.0342. The number of carbonyl (C=O) groups is 1. The van der Waals surface area contributed by atoms with Crippen molar-refractivity contribution in [1.29, 1.82) is 0 Å². The van der Waals surface area contributed by atoms with Crippen molar-refractivity contribution in [2.45, 2.75) is 84.7 Å². The Labute approximate surface area is 196 Å². The van der Waals surface area contributed by atoms with Gasteiger partial charge in [0, 0.05) is 11.5 Å². The smallest absolute Gasteiger partial charge is 0.470 e. The van der Waals surface area contributed by atoms with Crippen molar-refractivity contribution in [2.24, 2.45) is 5.92 Å². The minimum Gasteiger partial charge on any atom is -0.507 e. The van der Waals surface area contributed by atoms with Gasteiger partial charge in [-0.15, -0.1) is 0 Å². The first-order valence-electron chi connectivity index (χ1n) is 11.6. The van der Waals surface area contributed by atoms with Crippen LogP contribution < -0.4 is 4.74 Å². The van der Waals surface area contributed by atoms with E-state index in [1.54, 1.807) is 12.1 Å². The van der Waals surface area contributed by atoms with Gasteiger partial charge in [-0.1, -0.05) is 56.9 Å². The van der Waals surface area contributed by atoms with Gasteiger partial charge < -0.3 is 19.6 Å². The summed E-state index contributed by atoms with van der Waals surface area (Å²) in [7, 11) is -4.89. The van der Waals surface area contributed by atoms with Crippen molar-refractivity contribution in [3.8, 4) is 11.5 Å². The molecule has 0 aliphatic heterocycles. The molecule has 7 nitrogen and oxygen atoms in total. The molecule has 33 heavy (non-hydrogen) atoms. The second kappa shape index (κ2) is 12.0. The van der Waals surface area contributed by atoms with Crippen molar-refractivity contribution < 1.29 is 33.5 Å². The molecule has 0 fully saturated rings. The quantitative estimate of drug-likeness (QED) is 0.156. The molecule has 0 heterocycles. The number of aromatic hydroxyl groups is 1. The van der Waals surface area contributed by atoms with Crippen LogP contribution in [0.3, 0.4) is 0 Å². The molecule has 1 aliphatic carbocycles. The van der Waals surface area contributed by atoms with E-state index in [0.717, 1.165) is 36.8 Å². The van der Waals surface area contributed by atoms with E-state index in [9.17, 15) is 24.3 Å². The fourth-order valence-corrected chi connectivity index (χ4v) is 4.89. The van der Waals surface area contributed by atoms with Gasteiger partial charge >= 0.3 is 13.8 Å². The maximum atomic E-state index is 13.0. The Morgan fingerprint density at radius 1 is 1.27 bits per heavy atom. The monoisotopic (exact) mass is 480 g/mol. The number of hydrogen-bond donors (Lipinski definition) is 3. The molecular formula is C25H37O7P. The molecule has 1 unspecified atom stereocenters. The highest BCUT2D eigenvalue weighted by Crippen LogP contribution is 2.47. The Kier molecular flexibility index (Phi) is 9.92. The molecule has 184 valence electrons. The number of esters is 1. The van der Waals surface area contributed by atoms with E-state index >= 15 is 0 Å². The molecule has 2 rings (SSSR count). The molecule has 0 amide bonds. The molecular weight excluding hydrogens is 443 g/mol. The number of unbranched alkanes of at least 4 members (excludes halogenated alkanes) is 1. The number of phenolic OH excluding ortho intramolecular Hbond substituents is 1. The number of rotatable bonds is 11. The molecule has 0 saturated carbocycles. The fourth-order valence-electron chi connectivity index (χ4n) is 4.37. The topological polar surface area (TPSA) is 113 Å². The molecule has 3 atom stereocenters. The first kappa shape index (κ1) is 27.3. The lowest BCUT2D eigenvalue weighted by Gasteiger charge is -2.32. The van der Waals surface area contributed by atoms with Crippen LogP contribution in [0, 0.1) is 5.92 Å². The molecule has 1 aliphatic rings. The van der Waals surface area contributed by atoms with Gasteiger partial charge in [-0.2, -0.15) is 0 Å². The van der Waals surface area contributed by atoms with E-state index in [4.69, 9.17) is 9.26 Å². The summed E-state index contributed by atoms with van der Waals surface area (Å²) < 4.78 is 21.9. The largest absolute Gasteiger partial charge is 0.507 e. The van der Waals surface area contributed by atoms with Crippen molar-refractivity contribution in [3.05, 3.63) is 47.1 Å². The average molecular weight is 481 g/mol. The van der Waals surface area contributed by atoms with Gasteiger partial charge in [0.2, 0.25) is 0 Å². The van der Waals surface area contributed by atoms with Crippen LogP contribution in [0.5, 0.6) is 11.5 Å². The lowest BCUT2D eigenvalue weighted by molar-refractivity contribution is -0.143. The van der Waals surface area contributed by atoms with Gasteiger partial charge in [0.25, 0.3) is 0 Å². The number of phosphoric ester groups is 1. The molecule has 0 bridgehead atoms. The number of hydrogen-bond acceptors (Lipinski definition) is 5. The SMILES string of the molecule is C=C(C)[C@@H]1CCC(C)=C[C@H]1c1c(O)cc(CCC)cc1OC(=O)C(CCCC)OP(=O)(O)O. The van der Waals surface area contributed by atoms with Crippen LogP contribution in [-0.2, 0) is 20.3 Å². The third-order valence-corrected chi connectivity index (χ3v) is 6.52. The minimum atomic E-state index is -4.89. The van der Waals surface area contributed by atoms with Crippen LogP contribution >= 0.6 is 7.82 Å². The van der Waals surface area contributed by atoms with Gasteiger partial charge in [0.15, 0.2) is 6.10 Å². The van der Waals surface area contributed by atoms with Crippen LogP contribution in [0.2, 0.25) is 0 Å². The maximum absolute atomic E-state index is 13.0. The lowest BCUT2D eigenvalue weighted by Crippen LogP contribution is -2.29. The van der Waals surface area contributed by atoms with Crippen LogP contribution in [0.25, 0.3) is 0 Å². The summed E-state index contributed by atoms with van der Waals surface area (Å²) in [6.45, 7) is 12.0. The molecule has 0 aromatic heterocycles. The van der Waals surface area contributed by atoms with E-state index in [-0.39, 0.29) is 29.8 Å². The highest BCUT2D eigenvalue weighted by Gasteiger charge is 2.34. The predicted octanol–water partition coefficient (Wildman–Crippen LogP) is 5.93. The zero-order valence-electron chi connectivity index (χ0n) is 20.0. The number of benzene rings is 1. The highest BCUT2D eigenvalue weighted by atomic mass is 31.2. The zero-order chi connectivity index (χ0) is 24.8. The lowest BCUT2D eigenvalue weighted by atomic mass is 9.73. The summed E-state index contributed by atoms with van der Waals surface area (Å²) in [5.74, 6) is -0.819. The normalized spacial score (nSPS) is 19.6. The number of phenols is 1. The summed E-state index contributed by atoms with van der Waals surface area (Å²) >= 11 is 0. The number of carbonyl (C=O) groups excluding carboxylic acids is 1. The molecule has 0 saturated heterocycles. The van der Waals surface area contributed by atoms with Gasteiger partial charge in [0.1, 0.15) is 11.5 Å². The van der Waals surface area contributed by atoms with Crippen molar-refractivity contribution in [1.82, 2.24) is 0 Å². The second-order valence-electron chi connectivity index (χ2n) is 8.96. The summed E-state index contributed by atoms with van der Waals surface area (Å²) in [5, 5.41) is 11.0. The maximum Gasteiger partial charge on any atom is 0.470 e. The van der Waals surface area contributed by atoms with Crippen LogP contribution in [0.4, 0.5) is 0 Å². The van der Waals surface area contributed by atoms with Crippen LogP contribution in [0.15, 0.2) is 35.9 Å². The van der Waals surface area contributed by atoms with Crippen LogP contribution in [0.1, 0.15) is 83.3 Å². The molecule has 3 N–H and O–H groups in total. The van der Waals surface area contributed by atoms with Gasteiger partial charge in [-0.25, -0.2) is 9.36 Å². The van der Waals surface area contributed by atoms with E-state index in [1.807, 2.05) is 27.7 Å². The standard InChI is InChI=1S/C25H37O7P/c1-6-8-10-22(32-33(28,29)30)25(27)31-23-15-18(9-7-2)14-21(26)24(23)20-13-17(5)11-12-19(20)16(3)4/h13-15,19-20,22,26H,3,6-12H2,1-2,4-5H3,(H2,28,29,30)/t19-,20+,22?/m0/s1. The Bertz CT molecular complexity index is 931. The Morgan fingerprint density at radius 2 is 1.97 bits per heavy atom. The van der Waals surface area contributed by atoms with E-state index in [1.165, 1.54) is 5.57 Å². The number of phosphoric acid groups is 1. The Balaban J connectivity index is 2.53. The van der Waals surface area contributed by atoms with E-state index < -0.39 is 19.9 Å². The average Bonchev–Trinajstić information content (AvgIpc) is 2.70. The number of aryl methyl sites for hydroxylation is 1. The Morgan fingerprint density at radius 3 is 2.55 bits per heavy atom. The van der Waals surface area contributed by atoms with Gasteiger partial charge in [-0.05, 0) is 63.1 Å². The van der Waals surface area contributed by atoms with E-state index in [2.05, 4.69) is 12.7 Å². The third kappa shape index (κ3) is 7.82. The number of allylic oxidation sites excluding steroid dienone is 3. The molecule has 1 aromatic carbocycles. The third-order valence-electron chi connectivity index (χ3n) is 5.99. The molecule has 0 spiro atoms.